The summed E-state index contributed by atoms with van der Waals surface area (Å²) in [4.78, 5) is 20.5. The molecule has 3 aromatic rings. The van der Waals surface area contributed by atoms with Gasteiger partial charge in [0.25, 0.3) is 5.56 Å². The molecule has 0 saturated carbocycles. The smallest absolute Gasteiger partial charge is 0.261 e. The molecule has 4 rings (SSSR count). The topological polar surface area (TPSA) is 89.6 Å². The highest BCUT2D eigenvalue weighted by Gasteiger charge is 2.19. The van der Waals surface area contributed by atoms with Crippen LogP contribution in [0, 0.1) is 17.1 Å². The molecule has 0 bridgehead atoms. The highest BCUT2D eigenvalue weighted by Crippen LogP contribution is 2.30. The van der Waals surface area contributed by atoms with Gasteiger partial charge in [0.15, 0.2) is 11.5 Å². The first-order chi connectivity index (χ1) is 15.5. The first-order valence-electron chi connectivity index (χ1n) is 10.2. The molecule has 0 unspecified atom stereocenters. The van der Waals surface area contributed by atoms with Gasteiger partial charge in [-0.15, -0.1) is 0 Å². The van der Waals surface area contributed by atoms with Crippen LogP contribution >= 0.6 is 0 Å². The lowest BCUT2D eigenvalue weighted by atomic mass is 10.1. The summed E-state index contributed by atoms with van der Waals surface area (Å²) >= 11 is 0. The van der Waals surface area contributed by atoms with Crippen molar-refractivity contribution in [3.63, 3.8) is 0 Å². The number of nitrogens with zero attached hydrogens (tertiary/aromatic N) is 4. The molecule has 0 radical (unpaired) electrons. The van der Waals surface area contributed by atoms with Crippen LogP contribution in [0.15, 0.2) is 35.1 Å². The second kappa shape index (κ2) is 9.34. The molecule has 32 heavy (non-hydrogen) atoms. The summed E-state index contributed by atoms with van der Waals surface area (Å²) in [6, 6.07) is 9.28. The number of halogens is 1. The summed E-state index contributed by atoms with van der Waals surface area (Å²) in [5, 5.41) is 9.82. The number of fused-ring (bicyclic) bond motifs is 1. The largest absolute Gasteiger partial charge is 0.493 e. The van der Waals surface area contributed by atoms with Crippen molar-refractivity contribution in [1.29, 1.82) is 5.26 Å². The standard InChI is InChI=1S/C23H23FN4O4/c1-30-20-10-18-19(11-21(20)31-2)26-22(14-27-5-7-32-8-6-27)28(23(18)29)13-15-3-4-17(24)9-16(15)12-25/h3-4,9-11H,5-8,13-14H2,1-2H3. The van der Waals surface area contributed by atoms with Crippen LogP contribution in [-0.2, 0) is 17.8 Å². The highest BCUT2D eigenvalue weighted by molar-refractivity contribution is 5.82. The summed E-state index contributed by atoms with van der Waals surface area (Å²) in [5.41, 5.74) is 0.946. The molecule has 1 fully saturated rings. The number of hydrogen-bond acceptors (Lipinski definition) is 7. The van der Waals surface area contributed by atoms with Crippen molar-refractivity contribution < 1.29 is 18.6 Å². The fourth-order valence-electron chi connectivity index (χ4n) is 3.80. The van der Waals surface area contributed by atoms with E-state index in [1.54, 1.807) is 12.1 Å². The third-order valence-corrected chi connectivity index (χ3v) is 5.53. The Labute approximate surface area is 184 Å². The Hall–Kier alpha value is -3.48. The molecular formula is C23H23FN4O4. The van der Waals surface area contributed by atoms with E-state index in [2.05, 4.69) is 4.90 Å². The van der Waals surface area contributed by atoms with E-state index < -0.39 is 5.82 Å². The van der Waals surface area contributed by atoms with Gasteiger partial charge in [-0.2, -0.15) is 5.26 Å². The Morgan fingerprint density at radius 2 is 1.84 bits per heavy atom. The molecule has 9 heteroatoms. The lowest BCUT2D eigenvalue weighted by molar-refractivity contribution is 0.0325. The van der Waals surface area contributed by atoms with Gasteiger partial charge in [0, 0.05) is 19.2 Å². The molecule has 2 heterocycles. The number of rotatable bonds is 6. The van der Waals surface area contributed by atoms with E-state index in [0.29, 0.717) is 53.5 Å². The molecule has 0 N–H and O–H groups in total. The van der Waals surface area contributed by atoms with E-state index in [-0.39, 0.29) is 17.7 Å². The molecule has 1 aliphatic heterocycles. The molecule has 166 valence electrons. The predicted octanol–water partition coefficient (Wildman–Crippen LogP) is 2.30. The summed E-state index contributed by atoms with van der Waals surface area (Å²) in [6.45, 7) is 3.20. The van der Waals surface area contributed by atoms with Crippen LogP contribution in [0.1, 0.15) is 17.0 Å². The number of hydrogen-bond donors (Lipinski definition) is 0. The average molecular weight is 438 g/mol. The number of nitriles is 1. The summed E-state index contributed by atoms with van der Waals surface area (Å²) in [6.07, 6.45) is 0. The van der Waals surface area contributed by atoms with Crippen molar-refractivity contribution >= 4 is 10.9 Å². The van der Waals surface area contributed by atoms with Crippen LogP contribution in [0.4, 0.5) is 4.39 Å². The third kappa shape index (κ3) is 4.28. The molecule has 0 aliphatic carbocycles. The van der Waals surface area contributed by atoms with Crippen molar-refractivity contribution in [2.75, 3.05) is 40.5 Å². The minimum absolute atomic E-state index is 0.0962. The minimum atomic E-state index is -0.500. The van der Waals surface area contributed by atoms with E-state index in [1.807, 2.05) is 6.07 Å². The van der Waals surface area contributed by atoms with Gasteiger partial charge in [-0.25, -0.2) is 9.37 Å². The average Bonchev–Trinajstić information content (AvgIpc) is 2.82. The molecule has 0 atom stereocenters. The maximum atomic E-state index is 13.6. The molecule has 0 spiro atoms. The fraction of sp³-hybridized carbons (Fsp3) is 0.348. The van der Waals surface area contributed by atoms with Gasteiger partial charge in [0.05, 0.1) is 63.1 Å². The fourth-order valence-corrected chi connectivity index (χ4v) is 3.80. The maximum Gasteiger partial charge on any atom is 0.261 e. The second-order valence-electron chi connectivity index (χ2n) is 7.45. The van der Waals surface area contributed by atoms with Crippen molar-refractivity contribution in [2.45, 2.75) is 13.1 Å². The molecular weight excluding hydrogens is 415 g/mol. The van der Waals surface area contributed by atoms with E-state index in [9.17, 15) is 14.4 Å². The first kappa shape index (κ1) is 21.7. The van der Waals surface area contributed by atoms with Crippen LogP contribution in [0.5, 0.6) is 11.5 Å². The summed E-state index contributed by atoms with van der Waals surface area (Å²) < 4.78 is 31.3. The Bertz CT molecular complexity index is 1250. The van der Waals surface area contributed by atoms with Crippen molar-refractivity contribution in [2.24, 2.45) is 0 Å². The number of aromatic nitrogens is 2. The third-order valence-electron chi connectivity index (χ3n) is 5.53. The lowest BCUT2D eigenvalue weighted by Gasteiger charge is -2.27. The Balaban J connectivity index is 1.87. The number of ether oxygens (including phenoxy) is 3. The van der Waals surface area contributed by atoms with E-state index in [0.717, 1.165) is 13.1 Å². The lowest BCUT2D eigenvalue weighted by Crippen LogP contribution is -2.38. The molecule has 1 aromatic heterocycles. The Kier molecular flexibility index (Phi) is 6.35. The summed E-state index contributed by atoms with van der Waals surface area (Å²) in [7, 11) is 3.03. The number of benzene rings is 2. The van der Waals surface area contributed by atoms with Crippen LogP contribution < -0.4 is 15.0 Å². The molecule has 1 aliphatic rings. The second-order valence-corrected chi connectivity index (χ2v) is 7.45. The van der Waals surface area contributed by atoms with Crippen LogP contribution in [-0.4, -0.2) is 55.0 Å². The molecule has 8 nitrogen and oxygen atoms in total. The normalized spacial score (nSPS) is 14.3. The van der Waals surface area contributed by atoms with Gasteiger partial charge >= 0.3 is 0 Å². The quantitative estimate of drug-likeness (QED) is 0.583. The monoisotopic (exact) mass is 438 g/mol. The van der Waals surface area contributed by atoms with Crippen LogP contribution in [0.2, 0.25) is 0 Å². The Morgan fingerprint density at radius 1 is 1.12 bits per heavy atom. The first-order valence-corrected chi connectivity index (χ1v) is 10.2. The van der Waals surface area contributed by atoms with Gasteiger partial charge in [-0.3, -0.25) is 14.3 Å². The maximum absolute atomic E-state index is 13.6. The highest BCUT2D eigenvalue weighted by atomic mass is 19.1. The SMILES string of the molecule is COc1cc2nc(CN3CCOCC3)n(Cc3ccc(F)cc3C#N)c(=O)c2cc1OC. The van der Waals surface area contributed by atoms with Gasteiger partial charge in [0.1, 0.15) is 11.6 Å². The van der Waals surface area contributed by atoms with Crippen molar-refractivity contribution in [3.8, 4) is 17.6 Å². The zero-order valence-corrected chi connectivity index (χ0v) is 17.9. The predicted molar refractivity (Wildman–Crippen MR) is 115 cm³/mol. The van der Waals surface area contributed by atoms with Crippen molar-refractivity contribution in [1.82, 2.24) is 14.5 Å². The van der Waals surface area contributed by atoms with Gasteiger partial charge in [-0.1, -0.05) is 6.07 Å². The van der Waals surface area contributed by atoms with Crippen molar-refractivity contribution in [3.05, 3.63) is 63.5 Å². The van der Waals surface area contributed by atoms with Crippen LogP contribution in [0.3, 0.4) is 0 Å². The van der Waals surface area contributed by atoms with Gasteiger partial charge in [-0.05, 0) is 23.8 Å². The minimum Gasteiger partial charge on any atom is -0.493 e. The van der Waals surface area contributed by atoms with Gasteiger partial charge < -0.3 is 14.2 Å². The molecule has 0 amide bonds. The van der Waals surface area contributed by atoms with E-state index >= 15 is 0 Å². The molecule has 1 saturated heterocycles. The molecule has 2 aromatic carbocycles. The number of methoxy groups -OCH3 is 2. The van der Waals surface area contributed by atoms with Gasteiger partial charge in [0.2, 0.25) is 0 Å². The van der Waals surface area contributed by atoms with E-state index in [4.69, 9.17) is 19.2 Å². The number of morpholine rings is 1. The summed E-state index contributed by atoms with van der Waals surface area (Å²) in [5.74, 6) is 0.947. The zero-order valence-electron chi connectivity index (χ0n) is 17.9. The van der Waals surface area contributed by atoms with Crippen LogP contribution in [0.25, 0.3) is 10.9 Å². The van der Waals surface area contributed by atoms with E-state index in [1.165, 1.54) is 37.0 Å². The zero-order chi connectivity index (χ0) is 22.7. The Morgan fingerprint density at radius 3 is 2.53 bits per heavy atom.